The number of aromatic nitrogens is 1. The van der Waals surface area contributed by atoms with Crippen LogP contribution >= 0.6 is 0 Å². The van der Waals surface area contributed by atoms with Crippen LogP contribution in [0.1, 0.15) is 18.1 Å². The molecule has 1 N–H and O–H groups in total. The monoisotopic (exact) mass is 242 g/mol. The average molecular weight is 242 g/mol. The fraction of sp³-hybridized carbons (Fsp3) is 0.267. The van der Waals surface area contributed by atoms with Crippen molar-refractivity contribution in [3.05, 3.63) is 59.9 Å². The van der Waals surface area contributed by atoms with Crippen LogP contribution in [0.3, 0.4) is 0 Å². The highest BCUT2D eigenvalue weighted by Gasteiger charge is 1.95. The Labute approximate surface area is 108 Å². The maximum atomic E-state index is 5.41. The molecular formula is C15H18N2O. The minimum absolute atomic E-state index is 0.708. The van der Waals surface area contributed by atoms with Crippen LogP contribution in [-0.4, -0.2) is 11.6 Å². The van der Waals surface area contributed by atoms with E-state index in [4.69, 9.17) is 4.74 Å². The van der Waals surface area contributed by atoms with Crippen molar-refractivity contribution in [2.45, 2.75) is 20.0 Å². The molecule has 0 atom stereocenters. The molecule has 3 heteroatoms. The zero-order valence-corrected chi connectivity index (χ0v) is 10.6. The van der Waals surface area contributed by atoms with E-state index in [1.807, 2.05) is 43.6 Å². The fourth-order valence-electron chi connectivity index (χ4n) is 1.72. The van der Waals surface area contributed by atoms with E-state index in [-0.39, 0.29) is 0 Å². The number of hydrogen-bond acceptors (Lipinski definition) is 3. The van der Waals surface area contributed by atoms with E-state index in [9.17, 15) is 0 Å². The Morgan fingerprint density at radius 3 is 2.17 bits per heavy atom. The molecule has 2 aromatic rings. The third-order valence-corrected chi connectivity index (χ3v) is 2.64. The van der Waals surface area contributed by atoms with Gasteiger partial charge in [-0.2, -0.15) is 0 Å². The Morgan fingerprint density at radius 2 is 1.56 bits per heavy atom. The molecule has 0 aliphatic heterocycles. The summed E-state index contributed by atoms with van der Waals surface area (Å²) >= 11 is 0. The van der Waals surface area contributed by atoms with Crippen LogP contribution in [0.15, 0.2) is 48.8 Å². The number of nitrogens with zero attached hydrogens (tertiary/aromatic N) is 1. The molecular weight excluding hydrogens is 224 g/mol. The summed E-state index contributed by atoms with van der Waals surface area (Å²) in [5.41, 5.74) is 2.50. The highest BCUT2D eigenvalue weighted by atomic mass is 16.5. The largest absolute Gasteiger partial charge is 0.494 e. The molecule has 0 saturated carbocycles. The number of rotatable bonds is 6. The highest BCUT2D eigenvalue weighted by Crippen LogP contribution is 2.11. The van der Waals surface area contributed by atoms with Crippen molar-refractivity contribution in [2.75, 3.05) is 6.61 Å². The van der Waals surface area contributed by atoms with Gasteiger partial charge in [0.05, 0.1) is 6.61 Å². The van der Waals surface area contributed by atoms with Gasteiger partial charge in [-0.05, 0) is 42.3 Å². The van der Waals surface area contributed by atoms with E-state index in [1.165, 1.54) is 11.1 Å². The van der Waals surface area contributed by atoms with Crippen LogP contribution in [0.2, 0.25) is 0 Å². The topological polar surface area (TPSA) is 34.1 Å². The molecule has 0 amide bonds. The number of benzene rings is 1. The van der Waals surface area contributed by atoms with Crippen molar-refractivity contribution in [1.29, 1.82) is 0 Å². The normalized spacial score (nSPS) is 10.3. The lowest BCUT2D eigenvalue weighted by atomic mass is 10.2. The first kappa shape index (κ1) is 12.6. The Morgan fingerprint density at radius 1 is 0.944 bits per heavy atom. The zero-order valence-electron chi connectivity index (χ0n) is 10.6. The van der Waals surface area contributed by atoms with Gasteiger partial charge in [-0.15, -0.1) is 0 Å². The van der Waals surface area contributed by atoms with Crippen molar-refractivity contribution < 1.29 is 4.74 Å². The van der Waals surface area contributed by atoms with E-state index >= 15 is 0 Å². The predicted octanol–water partition coefficient (Wildman–Crippen LogP) is 2.77. The fourth-order valence-corrected chi connectivity index (χ4v) is 1.72. The molecule has 0 radical (unpaired) electrons. The number of nitrogens with one attached hydrogen (secondary N) is 1. The Hall–Kier alpha value is -1.87. The molecule has 0 fully saturated rings. The van der Waals surface area contributed by atoms with E-state index in [2.05, 4.69) is 22.4 Å². The van der Waals surface area contributed by atoms with Crippen LogP contribution in [-0.2, 0) is 13.1 Å². The van der Waals surface area contributed by atoms with Crippen LogP contribution in [0.25, 0.3) is 0 Å². The summed E-state index contributed by atoms with van der Waals surface area (Å²) < 4.78 is 5.41. The Balaban J connectivity index is 1.80. The lowest BCUT2D eigenvalue weighted by Gasteiger charge is -2.06. The zero-order chi connectivity index (χ0) is 12.6. The van der Waals surface area contributed by atoms with Crippen LogP contribution in [0.5, 0.6) is 5.75 Å². The maximum Gasteiger partial charge on any atom is 0.119 e. The molecule has 1 aromatic carbocycles. The standard InChI is InChI=1S/C15H18N2O/c1-2-18-15-5-3-13(4-6-15)11-17-12-14-7-9-16-10-8-14/h3-10,17H,2,11-12H2,1H3. The minimum atomic E-state index is 0.708. The van der Waals surface area contributed by atoms with Crippen molar-refractivity contribution >= 4 is 0 Å². The van der Waals surface area contributed by atoms with E-state index in [1.54, 1.807) is 0 Å². The van der Waals surface area contributed by atoms with Crippen LogP contribution in [0, 0.1) is 0 Å². The van der Waals surface area contributed by atoms with E-state index in [0.29, 0.717) is 6.61 Å². The highest BCUT2D eigenvalue weighted by molar-refractivity contribution is 5.27. The third-order valence-electron chi connectivity index (χ3n) is 2.64. The van der Waals surface area contributed by atoms with Gasteiger partial charge >= 0.3 is 0 Å². The molecule has 3 nitrogen and oxygen atoms in total. The lowest BCUT2D eigenvalue weighted by Crippen LogP contribution is -2.12. The summed E-state index contributed by atoms with van der Waals surface area (Å²) in [6, 6.07) is 12.2. The maximum absolute atomic E-state index is 5.41. The van der Waals surface area contributed by atoms with Crippen molar-refractivity contribution in [1.82, 2.24) is 10.3 Å². The van der Waals surface area contributed by atoms with Crippen LogP contribution in [0.4, 0.5) is 0 Å². The molecule has 0 saturated heterocycles. The van der Waals surface area contributed by atoms with Gasteiger partial charge < -0.3 is 10.1 Å². The second kappa shape index (κ2) is 6.77. The third kappa shape index (κ3) is 3.86. The lowest BCUT2D eigenvalue weighted by molar-refractivity contribution is 0.340. The second-order valence-electron chi connectivity index (χ2n) is 4.04. The molecule has 0 aliphatic rings. The van der Waals surface area contributed by atoms with Gasteiger partial charge in [0.1, 0.15) is 5.75 Å². The Kier molecular flexibility index (Phi) is 4.73. The Bertz CT molecular complexity index is 454. The van der Waals surface area contributed by atoms with Crippen molar-refractivity contribution in [3.8, 4) is 5.75 Å². The molecule has 1 heterocycles. The van der Waals surface area contributed by atoms with Crippen LogP contribution < -0.4 is 10.1 Å². The number of hydrogen-bond donors (Lipinski definition) is 1. The second-order valence-corrected chi connectivity index (χ2v) is 4.04. The van der Waals surface area contributed by atoms with Gasteiger partial charge in [0.25, 0.3) is 0 Å². The van der Waals surface area contributed by atoms with E-state index in [0.717, 1.165) is 18.8 Å². The minimum Gasteiger partial charge on any atom is -0.494 e. The number of pyridine rings is 1. The van der Waals surface area contributed by atoms with Gasteiger partial charge in [0, 0.05) is 25.5 Å². The van der Waals surface area contributed by atoms with Crippen molar-refractivity contribution in [2.24, 2.45) is 0 Å². The van der Waals surface area contributed by atoms with Gasteiger partial charge in [0.2, 0.25) is 0 Å². The first-order valence-electron chi connectivity index (χ1n) is 6.20. The van der Waals surface area contributed by atoms with Gasteiger partial charge in [0.15, 0.2) is 0 Å². The smallest absolute Gasteiger partial charge is 0.119 e. The molecule has 94 valence electrons. The summed E-state index contributed by atoms with van der Waals surface area (Å²) in [6.07, 6.45) is 3.63. The summed E-state index contributed by atoms with van der Waals surface area (Å²) in [6.45, 7) is 4.41. The SMILES string of the molecule is CCOc1ccc(CNCc2ccncc2)cc1. The molecule has 0 unspecified atom stereocenters. The van der Waals surface area contributed by atoms with Gasteiger partial charge in [-0.25, -0.2) is 0 Å². The summed E-state index contributed by atoms with van der Waals surface area (Å²) in [7, 11) is 0. The average Bonchev–Trinajstić information content (AvgIpc) is 2.42. The van der Waals surface area contributed by atoms with Gasteiger partial charge in [-0.1, -0.05) is 12.1 Å². The van der Waals surface area contributed by atoms with E-state index < -0.39 is 0 Å². The molecule has 1 aromatic heterocycles. The quantitative estimate of drug-likeness (QED) is 0.845. The molecule has 18 heavy (non-hydrogen) atoms. The molecule has 2 rings (SSSR count). The summed E-state index contributed by atoms with van der Waals surface area (Å²) in [4.78, 5) is 4.00. The number of ether oxygens (including phenoxy) is 1. The first-order chi connectivity index (χ1) is 8.88. The molecule has 0 aliphatic carbocycles. The molecule has 0 bridgehead atoms. The van der Waals surface area contributed by atoms with Crippen molar-refractivity contribution in [3.63, 3.8) is 0 Å². The summed E-state index contributed by atoms with van der Waals surface area (Å²) in [5.74, 6) is 0.926. The van der Waals surface area contributed by atoms with Gasteiger partial charge in [-0.3, -0.25) is 4.98 Å². The predicted molar refractivity (Wildman–Crippen MR) is 72.4 cm³/mol. The first-order valence-corrected chi connectivity index (χ1v) is 6.20. The molecule has 0 spiro atoms. The summed E-state index contributed by atoms with van der Waals surface area (Å²) in [5, 5.41) is 3.40.